The topological polar surface area (TPSA) is 107 Å². The second kappa shape index (κ2) is 7.82. The van der Waals surface area contributed by atoms with E-state index in [0.717, 1.165) is 5.56 Å². The minimum absolute atomic E-state index is 0.0905. The highest BCUT2D eigenvalue weighted by molar-refractivity contribution is 7.89. The van der Waals surface area contributed by atoms with Crippen molar-refractivity contribution >= 4 is 21.6 Å². The maximum atomic E-state index is 12.8. The predicted molar refractivity (Wildman–Crippen MR) is 105 cm³/mol. The molecule has 1 fully saturated rings. The Bertz CT molecular complexity index is 1100. The number of benzene rings is 1. The number of rotatable bonds is 5. The molecule has 0 radical (unpaired) electrons. The van der Waals surface area contributed by atoms with Gasteiger partial charge in [0.05, 0.1) is 19.4 Å². The van der Waals surface area contributed by atoms with Gasteiger partial charge in [0, 0.05) is 43.7 Å². The predicted octanol–water partition coefficient (Wildman–Crippen LogP) is 1.95. The van der Waals surface area contributed by atoms with Gasteiger partial charge in [0.25, 0.3) is 5.91 Å². The molecule has 9 nitrogen and oxygen atoms in total. The summed E-state index contributed by atoms with van der Waals surface area (Å²) < 4.78 is 38.8. The third kappa shape index (κ3) is 3.95. The van der Waals surface area contributed by atoms with Gasteiger partial charge in [-0.3, -0.25) is 4.79 Å². The lowest BCUT2D eigenvalue weighted by Crippen LogP contribution is -2.40. The highest BCUT2D eigenvalue weighted by Gasteiger charge is 2.28. The number of morpholine rings is 1. The van der Waals surface area contributed by atoms with E-state index >= 15 is 0 Å². The van der Waals surface area contributed by atoms with Crippen LogP contribution in [0.3, 0.4) is 0 Å². The van der Waals surface area contributed by atoms with Crippen LogP contribution in [0.5, 0.6) is 0 Å². The highest BCUT2D eigenvalue weighted by Crippen LogP contribution is 2.23. The molecule has 2 aromatic heterocycles. The number of aromatic nitrogens is 2. The summed E-state index contributed by atoms with van der Waals surface area (Å²) in [6, 6.07) is 10.2. The first kappa shape index (κ1) is 19.4. The lowest BCUT2D eigenvalue weighted by Gasteiger charge is -2.25. The molecule has 29 heavy (non-hydrogen) atoms. The molecule has 0 aliphatic carbocycles. The van der Waals surface area contributed by atoms with Crippen molar-refractivity contribution in [2.75, 3.05) is 31.6 Å². The Labute approximate surface area is 167 Å². The summed E-state index contributed by atoms with van der Waals surface area (Å²) in [5.74, 6) is 0.228. The monoisotopic (exact) mass is 416 g/mol. The van der Waals surface area contributed by atoms with Crippen molar-refractivity contribution in [1.29, 1.82) is 0 Å². The summed E-state index contributed by atoms with van der Waals surface area (Å²) in [7, 11) is -2.03. The number of ether oxygens (including phenoxy) is 1. The molecule has 0 bridgehead atoms. The van der Waals surface area contributed by atoms with Crippen LogP contribution in [0.4, 0.5) is 5.69 Å². The Balaban J connectivity index is 1.50. The molecule has 3 heterocycles. The van der Waals surface area contributed by atoms with Gasteiger partial charge in [-0.1, -0.05) is 5.16 Å². The fourth-order valence-corrected chi connectivity index (χ4v) is 4.59. The molecule has 1 aliphatic heterocycles. The smallest absolute Gasteiger partial charge is 0.272 e. The maximum Gasteiger partial charge on any atom is 0.272 e. The van der Waals surface area contributed by atoms with Crippen molar-refractivity contribution < 1.29 is 22.5 Å². The summed E-state index contributed by atoms with van der Waals surface area (Å²) in [4.78, 5) is 12.8. The van der Waals surface area contributed by atoms with Crippen molar-refractivity contribution in [3.05, 3.63) is 54.5 Å². The summed E-state index contributed by atoms with van der Waals surface area (Å²) in [6.45, 7) is 1.33. The molecule has 1 N–H and O–H groups in total. The van der Waals surface area contributed by atoms with Crippen LogP contribution in [-0.2, 0) is 21.8 Å². The molecule has 0 unspecified atom stereocenters. The van der Waals surface area contributed by atoms with E-state index in [2.05, 4.69) is 10.5 Å². The number of carbonyl (C=O) groups is 1. The number of amides is 1. The highest BCUT2D eigenvalue weighted by atomic mass is 32.2. The number of carbonyl (C=O) groups excluding carboxylic acids is 1. The normalized spacial score (nSPS) is 15.3. The van der Waals surface area contributed by atoms with Gasteiger partial charge < -0.3 is 19.1 Å². The number of nitrogens with one attached hydrogen (secondary N) is 1. The average Bonchev–Trinajstić information content (AvgIpc) is 3.39. The fourth-order valence-electron chi connectivity index (χ4n) is 3.11. The molecular weight excluding hydrogens is 396 g/mol. The number of nitrogens with zero attached hydrogens (tertiary/aromatic N) is 3. The van der Waals surface area contributed by atoms with Gasteiger partial charge in [0.2, 0.25) is 10.0 Å². The van der Waals surface area contributed by atoms with Crippen LogP contribution in [0.2, 0.25) is 0 Å². The quantitative estimate of drug-likeness (QED) is 0.681. The first-order valence-electron chi connectivity index (χ1n) is 9.02. The molecule has 0 spiro atoms. The molecule has 0 saturated carbocycles. The van der Waals surface area contributed by atoms with E-state index in [9.17, 15) is 13.2 Å². The van der Waals surface area contributed by atoms with Crippen molar-refractivity contribution in [3.63, 3.8) is 0 Å². The second-order valence-electron chi connectivity index (χ2n) is 6.60. The number of sulfonamides is 1. The number of aryl methyl sites for hydroxylation is 1. The van der Waals surface area contributed by atoms with Gasteiger partial charge in [-0.25, -0.2) is 8.42 Å². The Morgan fingerprint density at radius 1 is 1.14 bits per heavy atom. The van der Waals surface area contributed by atoms with E-state index in [-0.39, 0.29) is 10.6 Å². The lowest BCUT2D eigenvalue weighted by atomic mass is 10.1. The van der Waals surface area contributed by atoms with Crippen molar-refractivity contribution in [2.24, 2.45) is 7.05 Å². The number of hydrogen-bond acceptors (Lipinski definition) is 6. The number of anilines is 1. The third-order valence-corrected chi connectivity index (χ3v) is 6.55. The molecular formula is C19H20N4O5S. The summed E-state index contributed by atoms with van der Waals surface area (Å²) >= 11 is 0. The molecule has 1 aromatic carbocycles. The van der Waals surface area contributed by atoms with E-state index in [1.807, 2.05) is 0 Å². The summed E-state index contributed by atoms with van der Waals surface area (Å²) in [5, 5.41) is 6.45. The number of hydrogen-bond donors (Lipinski definition) is 1. The standard InChI is InChI=1S/C19H20N4O5S/c1-22-13-16(29(25,26)23-8-10-27-11-9-23)12-17(22)19(24)21-15-4-2-14(3-5-15)18-6-7-20-28-18/h2-7,12-13H,8-11H2,1H3,(H,21,24). The van der Waals surface area contributed by atoms with E-state index < -0.39 is 15.9 Å². The lowest BCUT2D eigenvalue weighted by molar-refractivity contribution is 0.0730. The van der Waals surface area contributed by atoms with Crippen LogP contribution in [0.25, 0.3) is 11.3 Å². The van der Waals surface area contributed by atoms with Gasteiger partial charge in [-0.2, -0.15) is 4.31 Å². The molecule has 152 valence electrons. The van der Waals surface area contributed by atoms with Crippen molar-refractivity contribution in [2.45, 2.75) is 4.90 Å². The first-order chi connectivity index (χ1) is 13.9. The molecule has 4 rings (SSSR count). The zero-order valence-electron chi connectivity index (χ0n) is 15.7. The zero-order chi connectivity index (χ0) is 20.4. The largest absolute Gasteiger partial charge is 0.379 e. The molecule has 1 saturated heterocycles. The van der Waals surface area contributed by atoms with E-state index in [1.165, 1.54) is 21.1 Å². The van der Waals surface area contributed by atoms with Gasteiger partial charge in [-0.05, 0) is 30.3 Å². The van der Waals surface area contributed by atoms with Crippen LogP contribution >= 0.6 is 0 Å². The van der Waals surface area contributed by atoms with Gasteiger partial charge in [0.15, 0.2) is 5.76 Å². The summed E-state index contributed by atoms with van der Waals surface area (Å²) in [5.41, 5.74) is 1.66. The van der Waals surface area contributed by atoms with Crippen LogP contribution in [0.15, 0.2) is 58.2 Å². The maximum absolute atomic E-state index is 12.8. The third-order valence-electron chi connectivity index (χ3n) is 4.69. The summed E-state index contributed by atoms with van der Waals surface area (Å²) in [6.07, 6.45) is 3.01. The van der Waals surface area contributed by atoms with Gasteiger partial charge >= 0.3 is 0 Å². The van der Waals surface area contributed by atoms with Crippen LogP contribution in [0.1, 0.15) is 10.5 Å². The molecule has 0 atom stereocenters. The SMILES string of the molecule is Cn1cc(S(=O)(=O)N2CCOCC2)cc1C(=O)Nc1ccc(-c2ccno2)cc1. The van der Waals surface area contributed by atoms with E-state index in [1.54, 1.807) is 43.6 Å². The minimum atomic E-state index is -3.66. The van der Waals surface area contributed by atoms with Crippen LogP contribution in [-0.4, -0.2) is 54.7 Å². The zero-order valence-corrected chi connectivity index (χ0v) is 16.6. The molecule has 10 heteroatoms. The molecule has 1 aliphatic rings. The Morgan fingerprint density at radius 2 is 1.86 bits per heavy atom. The fraction of sp³-hybridized carbons (Fsp3) is 0.263. The Kier molecular flexibility index (Phi) is 5.22. The van der Waals surface area contributed by atoms with E-state index in [4.69, 9.17) is 9.26 Å². The Hall–Kier alpha value is -2.95. The van der Waals surface area contributed by atoms with Gasteiger partial charge in [0.1, 0.15) is 10.6 Å². The van der Waals surface area contributed by atoms with Crippen LogP contribution in [0, 0.1) is 0 Å². The second-order valence-corrected chi connectivity index (χ2v) is 8.53. The van der Waals surface area contributed by atoms with Gasteiger partial charge in [-0.15, -0.1) is 0 Å². The average molecular weight is 416 g/mol. The molecule has 1 amide bonds. The Morgan fingerprint density at radius 3 is 2.52 bits per heavy atom. The first-order valence-corrected chi connectivity index (χ1v) is 10.5. The minimum Gasteiger partial charge on any atom is -0.379 e. The van der Waals surface area contributed by atoms with Crippen molar-refractivity contribution in [1.82, 2.24) is 14.0 Å². The molecule has 3 aromatic rings. The van der Waals surface area contributed by atoms with Crippen LogP contribution < -0.4 is 5.32 Å². The van der Waals surface area contributed by atoms with E-state index in [0.29, 0.717) is 37.8 Å². The van der Waals surface area contributed by atoms with Crippen molar-refractivity contribution in [3.8, 4) is 11.3 Å².